The van der Waals surface area contributed by atoms with Crippen molar-refractivity contribution in [3.8, 4) is 0 Å². The van der Waals surface area contributed by atoms with E-state index >= 15 is 0 Å². The standard InChI is InChI=1S/C10H11FN2O4/c11-7-2-1-6(9(12)15)5-8(7)13-10(16)17-4-3-14/h1-2,5,14H,3-4H2,(H2,12,15)(H,13,16). The van der Waals surface area contributed by atoms with Crippen molar-refractivity contribution in [3.05, 3.63) is 29.6 Å². The molecule has 0 spiro atoms. The Labute approximate surface area is 96.2 Å². The largest absolute Gasteiger partial charge is 0.447 e. The lowest BCUT2D eigenvalue weighted by molar-refractivity contribution is 0.1000. The quantitative estimate of drug-likeness (QED) is 0.714. The van der Waals surface area contributed by atoms with Gasteiger partial charge in [-0.05, 0) is 18.2 Å². The highest BCUT2D eigenvalue weighted by atomic mass is 19.1. The van der Waals surface area contributed by atoms with Crippen LogP contribution in [0.3, 0.4) is 0 Å². The third kappa shape index (κ3) is 3.72. The maximum Gasteiger partial charge on any atom is 0.411 e. The predicted molar refractivity (Wildman–Crippen MR) is 57.0 cm³/mol. The zero-order valence-corrected chi connectivity index (χ0v) is 8.77. The summed E-state index contributed by atoms with van der Waals surface area (Å²) in [6.07, 6.45) is -0.931. The van der Waals surface area contributed by atoms with E-state index in [2.05, 4.69) is 10.1 Å². The van der Waals surface area contributed by atoms with E-state index < -0.39 is 17.8 Å². The number of primary amides is 1. The van der Waals surface area contributed by atoms with Crippen LogP contribution >= 0.6 is 0 Å². The number of hydrogen-bond donors (Lipinski definition) is 3. The Bertz CT molecular complexity index is 436. The van der Waals surface area contributed by atoms with Crippen LogP contribution in [0.1, 0.15) is 10.4 Å². The maximum atomic E-state index is 13.2. The van der Waals surface area contributed by atoms with E-state index in [0.717, 1.165) is 12.1 Å². The summed E-state index contributed by atoms with van der Waals surface area (Å²) in [5, 5.41) is 10.5. The molecule has 17 heavy (non-hydrogen) atoms. The molecule has 0 aromatic heterocycles. The summed E-state index contributed by atoms with van der Waals surface area (Å²) in [4.78, 5) is 21.9. The zero-order chi connectivity index (χ0) is 12.8. The summed E-state index contributed by atoms with van der Waals surface area (Å²) in [5.41, 5.74) is 4.85. The van der Waals surface area contributed by atoms with Crippen molar-refractivity contribution in [3.63, 3.8) is 0 Å². The number of hydrogen-bond acceptors (Lipinski definition) is 4. The second-order valence-electron chi connectivity index (χ2n) is 3.04. The van der Waals surface area contributed by atoms with Gasteiger partial charge in [-0.3, -0.25) is 10.1 Å². The van der Waals surface area contributed by atoms with Crippen LogP contribution in [0.2, 0.25) is 0 Å². The minimum absolute atomic E-state index is 0.0591. The molecule has 0 saturated carbocycles. The van der Waals surface area contributed by atoms with Crippen molar-refractivity contribution in [1.29, 1.82) is 0 Å². The number of halogens is 1. The van der Waals surface area contributed by atoms with Gasteiger partial charge >= 0.3 is 6.09 Å². The minimum Gasteiger partial charge on any atom is -0.447 e. The summed E-state index contributed by atoms with van der Waals surface area (Å²) in [5.74, 6) is -1.47. The Balaban J connectivity index is 2.79. The molecular formula is C10H11FN2O4. The van der Waals surface area contributed by atoms with Gasteiger partial charge in [-0.25, -0.2) is 9.18 Å². The van der Waals surface area contributed by atoms with E-state index in [0.29, 0.717) is 0 Å². The minimum atomic E-state index is -0.931. The summed E-state index contributed by atoms with van der Waals surface area (Å²) in [6.45, 7) is -0.541. The average molecular weight is 242 g/mol. The molecule has 0 unspecified atom stereocenters. The molecule has 0 aliphatic rings. The maximum absolute atomic E-state index is 13.2. The first-order valence-corrected chi connectivity index (χ1v) is 4.68. The molecule has 6 nitrogen and oxygen atoms in total. The Morgan fingerprint density at radius 3 is 2.76 bits per heavy atom. The number of ether oxygens (including phenoxy) is 1. The van der Waals surface area contributed by atoms with Crippen LogP contribution in [0.25, 0.3) is 0 Å². The van der Waals surface area contributed by atoms with Crippen molar-refractivity contribution in [2.45, 2.75) is 0 Å². The number of aliphatic hydroxyl groups is 1. The average Bonchev–Trinajstić information content (AvgIpc) is 2.29. The van der Waals surface area contributed by atoms with Crippen LogP contribution in [-0.4, -0.2) is 30.3 Å². The molecule has 0 aliphatic carbocycles. The Morgan fingerprint density at radius 1 is 1.47 bits per heavy atom. The first-order valence-electron chi connectivity index (χ1n) is 4.68. The topological polar surface area (TPSA) is 102 Å². The lowest BCUT2D eigenvalue weighted by Crippen LogP contribution is -2.18. The van der Waals surface area contributed by atoms with E-state index in [1.54, 1.807) is 0 Å². The lowest BCUT2D eigenvalue weighted by atomic mass is 10.2. The Morgan fingerprint density at radius 2 is 2.18 bits per heavy atom. The normalized spacial score (nSPS) is 9.76. The van der Waals surface area contributed by atoms with Crippen LogP contribution in [0.4, 0.5) is 14.9 Å². The molecule has 0 atom stereocenters. The third-order valence-corrected chi connectivity index (χ3v) is 1.81. The highest BCUT2D eigenvalue weighted by Gasteiger charge is 2.10. The molecule has 0 bridgehead atoms. The van der Waals surface area contributed by atoms with E-state index in [9.17, 15) is 14.0 Å². The molecule has 92 valence electrons. The molecule has 0 fully saturated rings. The van der Waals surface area contributed by atoms with Gasteiger partial charge in [-0.2, -0.15) is 0 Å². The van der Waals surface area contributed by atoms with Crippen molar-refractivity contribution in [2.24, 2.45) is 5.73 Å². The molecule has 2 amide bonds. The van der Waals surface area contributed by atoms with Crippen LogP contribution in [0.15, 0.2) is 18.2 Å². The van der Waals surface area contributed by atoms with E-state index in [-0.39, 0.29) is 24.5 Å². The molecule has 0 aliphatic heterocycles. The molecular weight excluding hydrogens is 231 g/mol. The molecule has 1 rings (SSSR count). The van der Waals surface area contributed by atoms with Crippen molar-refractivity contribution < 1.29 is 23.8 Å². The third-order valence-electron chi connectivity index (χ3n) is 1.81. The molecule has 0 radical (unpaired) electrons. The van der Waals surface area contributed by atoms with Crippen LogP contribution in [0, 0.1) is 5.82 Å². The second-order valence-corrected chi connectivity index (χ2v) is 3.04. The Hall–Kier alpha value is -2.15. The molecule has 0 heterocycles. The fraction of sp³-hybridized carbons (Fsp3) is 0.200. The van der Waals surface area contributed by atoms with Crippen LogP contribution in [-0.2, 0) is 4.74 Å². The number of carbonyl (C=O) groups excluding carboxylic acids is 2. The predicted octanol–water partition coefficient (Wildman–Crippen LogP) is 0.465. The fourth-order valence-electron chi connectivity index (χ4n) is 1.06. The van der Waals surface area contributed by atoms with Gasteiger partial charge in [0.25, 0.3) is 0 Å². The number of amides is 2. The number of benzene rings is 1. The monoisotopic (exact) mass is 242 g/mol. The SMILES string of the molecule is NC(=O)c1ccc(F)c(NC(=O)OCCO)c1. The molecule has 0 saturated heterocycles. The second kappa shape index (κ2) is 5.80. The Kier molecular flexibility index (Phi) is 4.41. The molecule has 7 heteroatoms. The van der Waals surface area contributed by atoms with Crippen molar-refractivity contribution >= 4 is 17.7 Å². The van der Waals surface area contributed by atoms with Crippen molar-refractivity contribution in [1.82, 2.24) is 0 Å². The highest BCUT2D eigenvalue weighted by molar-refractivity contribution is 5.95. The number of nitrogens with two attached hydrogens (primary N) is 1. The first-order chi connectivity index (χ1) is 8.04. The summed E-state index contributed by atoms with van der Waals surface area (Å²) in [6, 6.07) is 3.29. The van der Waals surface area contributed by atoms with Gasteiger partial charge in [0, 0.05) is 5.56 Å². The van der Waals surface area contributed by atoms with E-state index in [1.807, 2.05) is 0 Å². The number of rotatable bonds is 4. The zero-order valence-electron chi connectivity index (χ0n) is 8.77. The van der Waals surface area contributed by atoms with Gasteiger partial charge in [0.05, 0.1) is 12.3 Å². The van der Waals surface area contributed by atoms with Gasteiger partial charge in [-0.15, -0.1) is 0 Å². The highest BCUT2D eigenvalue weighted by Crippen LogP contribution is 2.16. The first kappa shape index (κ1) is 12.9. The smallest absolute Gasteiger partial charge is 0.411 e. The van der Waals surface area contributed by atoms with Gasteiger partial charge in [0.1, 0.15) is 12.4 Å². The number of nitrogens with one attached hydrogen (secondary N) is 1. The molecule has 1 aromatic carbocycles. The molecule has 1 aromatic rings. The van der Waals surface area contributed by atoms with Gasteiger partial charge in [-0.1, -0.05) is 0 Å². The van der Waals surface area contributed by atoms with Gasteiger partial charge < -0.3 is 15.6 Å². The summed E-state index contributed by atoms with van der Waals surface area (Å²) < 4.78 is 17.7. The van der Waals surface area contributed by atoms with E-state index in [1.165, 1.54) is 6.07 Å². The number of carbonyl (C=O) groups is 2. The summed E-state index contributed by atoms with van der Waals surface area (Å²) in [7, 11) is 0. The van der Waals surface area contributed by atoms with Crippen molar-refractivity contribution in [2.75, 3.05) is 18.5 Å². The lowest BCUT2D eigenvalue weighted by Gasteiger charge is -2.07. The molecule has 4 N–H and O–H groups in total. The number of anilines is 1. The van der Waals surface area contributed by atoms with Gasteiger partial charge in [0.2, 0.25) is 5.91 Å². The van der Waals surface area contributed by atoms with E-state index in [4.69, 9.17) is 10.8 Å². The summed E-state index contributed by atoms with van der Waals surface area (Å²) >= 11 is 0. The number of aliphatic hydroxyl groups excluding tert-OH is 1. The van der Waals surface area contributed by atoms with Crippen LogP contribution < -0.4 is 11.1 Å². The fourth-order valence-corrected chi connectivity index (χ4v) is 1.06. The van der Waals surface area contributed by atoms with Crippen LogP contribution in [0.5, 0.6) is 0 Å². The van der Waals surface area contributed by atoms with Gasteiger partial charge in [0.15, 0.2) is 0 Å².